The van der Waals surface area contributed by atoms with Crippen LogP contribution in [0.5, 0.6) is 0 Å². The largest absolute Gasteiger partial charge is 0.449 e. The highest BCUT2D eigenvalue weighted by Gasteiger charge is 2.38. The molecule has 0 saturated carbocycles. The number of anilines is 1. The average molecular weight is 452 g/mol. The van der Waals surface area contributed by atoms with Crippen molar-refractivity contribution in [3.8, 4) is 0 Å². The van der Waals surface area contributed by atoms with Gasteiger partial charge >= 0.3 is 6.18 Å². The predicted octanol–water partition coefficient (Wildman–Crippen LogP) is 3.48. The number of carbonyl (C=O) groups is 1. The number of sulfonamides is 1. The third-order valence-corrected chi connectivity index (χ3v) is 6.93. The summed E-state index contributed by atoms with van der Waals surface area (Å²) < 4.78 is 67.8. The molecule has 31 heavy (non-hydrogen) atoms. The van der Waals surface area contributed by atoms with Crippen LogP contribution in [-0.2, 0) is 27.5 Å². The van der Waals surface area contributed by atoms with Crippen molar-refractivity contribution in [2.45, 2.75) is 30.5 Å². The lowest BCUT2D eigenvalue weighted by molar-refractivity contribution is -0.147. The van der Waals surface area contributed by atoms with E-state index in [1.54, 1.807) is 12.1 Å². The molecule has 1 N–H and O–H groups in total. The Labute approximate surface area is 176 Å². The van der Waals surface area contributed by atoms with Gasteiger partial charge in [0.25, 0.3) is 0 Å². The summed E-state index contributed by atoms with van der Waals surface area (Å²) in [4.78, 5) is 16.2. The molecule has 1 aliphatic heterocycles. The van der Waals surface area contributed by atoms with Gasteiger partial charge in [0, 0.05) is 18.8 Å². The van der Waals surface area contributed by atoms with Crippen LogP contribution in [0.4, 0.5) is 18.9 Å². The van der Waals surface area contributed by atoms with E-state index in [2.05, 4.69) is 10.3 Å². The van der Waals surface area contributed by atoms with Gasteiger partial charge in [0.2, 0.25) is 21.8 Å². The molecule has 0 atom stereocenters. The molecular formula is C20H19F3N4O3S. The van der Waals surface area contributed by atoms with Gasteiger partial charge in [-0.05, 0) is 43.2 Å². The minimum Gasteiger partial charge on any atom is -0.324 e. The summed E-state index contributed by atoms with van der Waals surface area (Å²) in [6, 6.07) is 11.7. The number of alkyl halides is 3. The highest BCUT2D eigenvalue weighted by molar-refractivity contribution is 7.89. The Morgan fingerprint density at radius 1 is 1.06 bits per heavy atom. The first-order chi connectivity index (χ1) is 14.7. The van der Waals surface area contributed by atoms with E-state index in [1.165, 1.54) is 40.7 Å². The minimum absolute atomic E-state index is 0.0243. The highest BCUT2D eigenvalue weighted by atomic mass is 32.2. The van der Waals surface area contributed by atoms with E-state index in [4.69, 9.17) is 0 Å². The summed E-state index contributed by atoms with van der Waals surface area (Å²) in [6.45, 7) is 0.248. The Bertz CT molecular complexity index is 1230. The summed E-state index contributed by atoms with van der Waals surface area (Å²) in [7, 11) is -3.68. The van der Waals surface area contributed by atoms with Gasteiger partial charge in [-0.1, -0.05) is 18.2 Å². The smallest absolute Gasteiger partial charge is 0.324 e. The lowest BCUT2D eigenvalue weighted by Gasteiger charge is -2.16. The molecule has 0 unspecified atom stereocenters. The van der Waals surface area contributed by atoms with E-state index in [1.807, 2.05) is 0 Å². The fraction of sp³-hybridized carbons (Fsp3) is 0.300. The van der Waals surface area contributed by atoms with E-state index in [0.29, 0.717) is 13.1 Å². The van der Waals surface area contributed by atoms with Crippen LogP contribution in [-0.4, -0.2) is 41.3 Å². The number of benzene rings is 2. The first kappa shape index (κ1) is 21.3. The Morgan fingerprint density at radius 2 is 1.77 bits per heavy atom. The summed E-state index contributed by atoms with van der Waals surface area (Å²) in [5.74, 6) is -1.90. The number of nitrogens with one attached hydrogen (secondary N) is 1. The Balaban J connectivity index is 1.58. The zero-order valence-electron chi connectivity index (χ0n) is 16.3. The number of fused-ring (bicyclic) bond motifs is 1. The van der Waals surface area contributed by atoms with Crippen LogP contribution in [0.15, 0.2) is 53.4 Å². The van der Waals surface area contributed by atoms with E-state index in [0.717, 1.165) is 17.4 Å². The van der Waals surface area contributed by atoms with E-state index >= 15 is 0 Å². The molecule has 4 rings (SSSR count). The molecule has 1 aromatic heterocycles. The molecule has 11 heteroatoms. The number of aromatic nitrogens is 2. The average Bonchev–Trinajstić information content (AvgIpc) is 3.37. The van der Waals surface area contributed by atoms with Crippen LogP contribution in [0.1, 0.15) is 18.7 Å². The van der Waals surface area contributed by atoms with Crippen molar-refractivity contribution < 1.29 is 26.4 Å². The van der Waals surface area contributed by atoms with Gasteiger partial charge in [-0.25, -0.2) is 13.4 Å². The number of carbonyl (C=O) groups excluding carboxylic acids is 1. The summed E-state index contributed by atoms with van der Waals surface area (Å²) in [6.07, 6.45) is -3.16. The maximum Gasteiger partial charge on any atom is 0.449 e. The standard InChI is InChI=1S/C20H19F3N4O3S/c21-20(22,23)19-25-16-8-1-2-9-17(16)27(19)13-18(28)24-14-6-5-7-15(12-14)31(29,30)26-10-3-4-11-26/h1-2,5-9,12H,3-4,10-11,13H2,(H,24,28). The van der Waals surface area contributed by atoms with Gasteiger partial charge in [-0.3, -0.25) is 4.79 Å². The van der Waals surface area contributed by atoms with Crippen molar-refractivity contribution in [1.29, 1.82) is 0 Å². The topological polar surface area (TPSA) is 84.3 Å². The molecule has 0 spiro atoms. The van der Waals surface area contributed by atoms with Gasteiger partial charge < -0.3 is 9.88 Å². The highest BCUT2D eigenvalue weighted by Crippen LogP contribution is 2.31. The summed E-state index contributed by atoms with van der Waals surface area (Å²) >= 11 is 0. The predicted molar refractivity (Wildman–Crippen MR) is 108 cm³/mol. The number of amides is 1. The maximum atomic E-state index is 13.4. The molecule has 2 aromatic carbocycles. The zero-order chi connectivity index (χ0) is 22.2. The second-order valence-electron chi connectivity index (χ2n) is 7.20. The van der Waals surface area contributed by atoms with E-state index < -0.39 is 34.5 Å². The van der Waals surface area contributed by atoms with Crippen molar-refractivity contribution >= 4 is 32.7 Å². The minimum atomic E-state index is -4.73. The van der Waals surface area contributed by atoms with Gasteiger partial charge in [-0.15, -0.1) is 0 Å². The number of imidazole rings is 1. The van der Waals surface area contributed by atoms with Gasteiger partial charge in [0.1, 0.15) is 6.54 Å². The number of para-hydroxylation sites is 2. The number of rotatable bonds is 5. The fourth-order valence-electron chi connectivity index (χ4n) is 3.61. The van der Waals surface area contributed by atoms with Crippen LogP contribution in [0, 0.1) is 0 Å². The second-order valence-corrected chi connectivity index (χ2v) is 9.13. The molecular weight excluding hydrogens is 433 g/mol. The van der Waals surface area contributed by atoms with Crippen LogP contribution in [0.2, 0.25) is 0 Å². The lowest BCUT2D eigenvalue weighted by atomic mass is 10.3. The van der Waals surface area contributed by atoms with Gasteiger partial charge in [-0.2, -0.15) is 17.5 Å². The molecule has 0 bridgehead atoms. The van der Waals surface area contributed by atoms with Crippen LogP contribution >= 0.6 is 0 Å². The van der Waals surface area contributed by atoms with Crippen LogP contribution in [0.25, 0.3) is 11.0 Å². The molecule has 1 amide bonds. The van der Waals surface area contributed by atoms with Gasteiger partial charge in [0.15, 0.2) is 0 Å². The molecule has 0 radical (unpaired) electrons. The SMILES string of the molecule is O=C(Cn1c(C(F)(F)F)nc2ccccc21)Nc1cccc(S(=O)(=O)N2CCCC2)c1. The molecule has 1 aliphatic rings. The summed E-state index contributed by atoms with van der Waals surface area (Å²) in [5, 5.41) is 2.49. The van der Waals surface area contributed by atoms with Crippen molar-refractivity contribution in [2.24, 2.45) is 0 Å². The summed E-state index contributed by atoms with van der Waals surface area (Å²) in [5.41, 5.74) is 0.486. The molecule has 1 fully saturated rings. The molecule has 2 heterocycles. The van der Waals surface area contributed by atoms with Crippen molar-refractivity contribution in [3.63, 3.8) is 0 Å². The monoisotopic (exact) mass is 452 g/mol. The molecule has 7 nitrogen and oxygen atoms in total. The normalized spacial score (nSPS) is 15.5. The zero-order valence-corrected chi connectivity index (χ0v) is 17.1. The van der Waals surface area contributed by atoms with Crippen LogP contribution in [0.3, 0.4) is 0 Å². The maximum absolute atomic E-state index is 13.4. The number of hydrogen-bond acceptors (Lipinski definition) is 4. The molecule has 164 valence electrons. The Kier molecular flexibility index (Phi) is 5.48. The van der Waals surface area contributed by atoms with Crippen molar-refractivity contribution in [3.05, 3.63) is 54.4 Å². The van der Waals surface area contributed by atoms with E-state index in [9.17, 15) is 26.4 Å². The van der Waals surface area contributed by atoms with Crippen LogP contribution < -0.4 is 5.32 Å². The molecule has 0 aliphatic carbocycles. The number of hydrogen-bond donors (Lipinski definition) is 1. The number of nitrogens with zero attached hydrogens (tertiary/aromatic N) is 3. The third kappa shape index (κ3) is 4.28. The van der Waals surface area contributed by atoms with Gasteiger partial charge in [0.05, 0.1) is 15.9 Å². The van der Waals surface area contributed by atoms with E-state index in [-0.39, 0.29) is 21.6 Å². The Hall–Kier alpha value is -2.92. The third-order valence-electron chi connectivity index (χ3n) is 5.03. The lowest BCUT2D eigenvalue weighted by Crippen LogP contribution is -2.28. The Morgan fingerprint density at radius 3 is 2.48 bits per heavy atom. The first-order valence-electron chi connectivity index (χ1n) is 9.59. The van der Waals surface area contributed by atoms with Crippen molar-refractivity contribution in [2.75, 3.05) is 18.4 Å². The number of halogens is 3. The molecule has 1 saturated heterocycles. The second kappa shape index (κ2) is 7.97. The quantitative estimate of drug-likeness (QED) is 0.643. The van der Waals surface area contributed by atoms with Crippen molar-refractivity contribution in [1.82, 2.24) is 13.9 Å². The first-order valence-corrected chi connectivity index (χ1v) is 11.0. The fourth-order valence-corrected chi connectivity index (χ4v) is 5.17. The molecule has 3 aromatic rings.